The van der Waals surface area contributed by atoms with Crippen molar-refractivity contribution in [3.05, 3.63) is 95.4 Å². The molecule has 0 aliphatic heterocycles. The molecule has 3 nitrogen and oxygen atoms in total. The van der Waals surface area contributed by atoms with Crippen LogP contribution in [0.25, 0.3) is 0 Å². The number of hydrogen-bond acceptors (Lipinski definition) is 2. The Labute approximate surface area is 136 Å². The van der Waals surface area contributed by atoms with E-state index in [2.05, 4.69) is 12.2 Å². The van der Waals surface area contributed by atoms with Crippen molar-refractivity contribution >= 4 is 5.91 Å². The highest BCUT2D eigenvalue weighted by atomic mass is 16.3. The second-order valence-electron chi connectivity index (χ2n) is 5.38. The summed E-state index contributed by atoms with van der Waals surface area (Å²) in [6.45, 7) is 2.09. The Hall–Kier alpha value is -2.81. The van der Waals surface area contributed by atoms with E-state index in [9.17, 15) is 4.79 Å². The van der Waals surface area contributed by atoms with Gasteiger partial charge in [0.05, 0.1) is 6.26 Å². The lowest BCUT2D eigenvalue weighted by Gasteiger charge is -2.17. The van der Waals surface area contributed by atoms with Gasteiger partial charge in [-0.2, -0.15) is 0 Å². The van der Waals surface area contributed by atoms with E-state index < -0.39 is 0 Å². The molecule has 0 fully saturated rings. The third-order valence-corrected chi connectivity index (χ3v) is 3.86. The Bertz CT molecular complexity index is 746. The van der Waals surface area contributed by atoms with Gasteiger partial charge in [0.15, 0.2) is 0 Å². The molecule has 1 aromatic heterocycles. The molecule has 0 aliphatic rings. The lowest BCUT2D eigenvalue weighted by atomic mass is 10.0. The fourth-order valence-electron chi connectivity index (χ4n) is 2.53. The second-order valence-corrected chi connectivity index (χ2v) is 5.38. The zero-order chi connectivity index (χ0) is 16.1. The highest BCUT2D eigenvalue weighted by Gasteiger charge is 2.19. The van der Waals surface area contributed by atoms with Gasteiger partial charge in [0.2, 0.25) is 0 Å². The maximum absolute atomic E-state index is 12.6. The first-order valence-corrected chi connectivity index (χ1v) is 7.76. The van der Waals surface area contributed by atoms with Crippen molar-refractivity contribution < 1.29 is 9.21 Å². The minimum absolute atomic E-state index is 0.113. The molecule has 0 aliphatic carbocycles. The molecular formula is C20H19NO2. The summed E-state index contributed by atoms with van der Waals surface area (Å²) in [5, 5.41) is 3.06. The molecule has 0 saturated heterocycles. The molecule has 0 bridgehead atoms. The van der Waals surface area contributed by atoms with Crippen LogP contribution in [0.4, 0.5) is 0 Å². The number of hydrogen-bond donors (Lipinski definition) is 1. The topological polar surface area (TPSA) is 42.2 Å². The van der Waals surface area contributed by atoms with Crippen molar-refractivity contribution in [2.75, 3.05) is 0 Å². The van der Waals surface area contributed by atoms with Crippen LogP contribution in [0.2, 0.25) is 0 Å². The fourth-order valence-corrected chi connectivity index (χ4v) is 2.53. The van der Waals surface area contributed by atoms with Gasteiger partial charge < -0.3 is 9.73 Å². The van der Waals surface area contributed by atoms with Gasteiger partial charge in [0.25, 0.3) is 5.91 Å². The average molecular weight is 305 g/mol. The first-order valence-electron chi connectivity index (χ1n) is 7.76. The van der Waals surface area contributed by atoms with Gasteiger partial charge in [-0.15, -0.1) is 0 Å². The van der Waals surface area contributed by atoms with Gasteiger partial charge in [0.1, 0.15) is 11.8 Å². The van der Waals surface area contributed by atoms with Gasteiger partial charge in [0, 0.05) is 5.56 Å². The van der Waals surface area contributed by atoms with Crippen LogP contribution in [-0.2, 0) is 6.42 Å². The molecule has 1 amide bonds. The van der Waals surface area contributed by atoms with Crippen LogP contribution >= 0.6 is 0 Å². The number of carbonyl (C=O) groups excluding carboxylic acids is 1. The Morgan fingerprint density at radius 3 is 2.35 bits per heavy atom. The Morgan fingerprint density at radius 2 is 1.74 bits per heavy atom. The number of furan rings is 1. The quantitative estimate of drug-likeness (QED) is 0.761. The summed E-state index contributed by atoms with van der Waals surface area (Å²) in [7, 11) is 0. The Morgan fingerprint density at radius 1 is 1.00 bits per heavy atom. The molecule has 0 radical (unpaired) electrons. The third-order valence-electron chi connectivity index (χ3n) is 3.86. The summed E-state index contributed by atoms with van der Waals surface area (Å²) in [6, 6.07) is 20.9. The zero-order valence-electron chi connectivity index (χ0n) is 13.0. The van der Waals surface area contributed by atoms with Crippen LogP contribution in [0.3, 0.4) is 0 Å². The first kappa shape index (κ1) is 15.1. The van der Waals surface area contributed by atoms with E-state index in [0.717, 1.165) is 17.7 Å². The minimum Gasteiger partial charge on any atom is -0.467 e. The van der Waals surface area contributed by atoms with E-state index in [4.69, 9.17) is 4.42 Å². The van der Waals surface area contributed by atoms with Crippen molar-refractivity contribution in [3.63, 3.8) is 0 Å². The summed E-state index contributed by atoms with van der Waals surface area (Å²) in [6.07, 6.45) is 2.58. The van der Waals surface area contributed by atoms with E-state index in [-0.39, 0.29) is 11.9 Å². The maximum atomic E-state index is 12.6. The molecule has 3 aromatic rings. The van der Waals surface area contributed by atoms with Crippen LogP contribution in [0, 0.1) is 0 Å². The first-order chi connectivity index (χ1) is 11.3. The number of aryl methyl sites for hydroxylation is 1. The smallest absolute Gasteiger partial charge is 0.252 e. The zero-order valence-corrected chi connectivity index (χ0v) is 13.0. The molecule has 0 unspecified atom stereocenters. The van der Waals surface area contributed by atoms with Gasteiger partial charge in [-0.05, 0) is 41.8 Å². The van der Waals surface area contributed by atoms with Crippen LogP contribution < -0.4 is 5.32 Å². The normalized spacial score (nSPS) is 11.9. The lowest BCUT2D eigenvalue weighted by Crippen LogP contribution is -2.29. The van der Waals surface area contributed by atoms with Crippen molar-refractivity contribution in [3.8, 4) is 0 Å². The lowest BCUT2D eigenvalue weighted by molar-refractivity contribution is 0.0939. The summed E-state index contributed by atoms with van der Waals surface area (Å²) in [4.78, 5) is 12.6. The van der Waals surface area contributed by atoms with Crippen molar-refractivity contribution in [1.82, 2.24) is 5.32 Å². The van der Waals surface area contributed by atoms with Gasteiger partial charge in [-0.1, -0.05) is 49.4 Å². The van der Waals surface area contributed by atoms with Gasteiger partial charge >= 0.3 is 0 Å². The van der Waals surface area contributed by atoms with Crippen LogP contribution in [0.15, 0.2) is 77.4 Å². The number of benzene rings is 2. The monoisotopic (exact) mass is 305 g/mol. The Balaban J connectivity index is 1.85. The molecule has 3 heteroatoms. The molecule has 1 N–H and O–H groups in total. The number of carbonyl (C=O) groups is 1. The standard InChI is InChI=1S/C20H19NO2/c1-2-15-10-12-17(13-11-15)20(22)21-19(18-9-6-14-23-18)16-7-4-3-5-8-16/h3-14,19H,2H2,1H3,(H,21,22)/t19-/m0/s1. The molecule has 116 valence electrons. The van der Waals surface area contributed by atoms with Gasteiger partial charge in [-0.25, -0.2) is 0 Å². The van der Waals surface area contributed by atoms with Crippen molar-refractivity contribution in [2.24, 2.45) is 0 Å². The molecule has 1 atom stereocenters. The average Bonchev–Trinajstić information content (AvgIpc) is 3.14. The maximum Gasteiger partial charge on any atom is 0.252 e. The number of nitrogens with one attached hydrogen (secondary N) is 1. The number of rotatable bonds is 5. The molecule has 1 heterocycles. The van der Waals surface area contributed by atoms with E-state index in [1.165, 1.54) is 5.56 Å². The SMILES string of the molecule is CCc1ccc(C(=O)N[C@@H](c2ccccc2)c2ccco2)cc1. The molecular weight excluding hydrogens is 286 g/mol. The molecule has 23 heavy (non-hydrogen) atoms. The minimum atomic E-state index is -0.301. The fraction of sp³-hybridized carbons (Fsp3) is 0.150. The number of amides is 1. The summed E-state index contributed by atoms with van der Waals surface area (Å²) in [5.74, 6) is 0.604. The molecule has 0 saturated carbocycles. The second kappa shape index (κ2) is 6.97. The van der Waals surface area contributed by atoms with Crippen molar-refractivity contribution in [1.29, 1.82) is 0 Å². The third kappa shape index (κ3) is 3.51. The predicted molar refractivity (Wildman–Crippen MR) is 90.3 cm³/mol. The summed E-state index contributed by atoms with van der Waals surface area (Å²) >= 11 is 0. The predicted octanol–water partition coefficient (Wildman–Crippen LogP) is 4.36. The summed E-state index contributed by atoms with van der Waals surface area (Å²) in [5.41, 5.74) is 2.85. The van der Waals surface area contributed by atoms with E-state index in [1.807, 2.05) is 66.7 Å². The summed E-state index contributed by atoms with van der Waals surface area (Å²) < 4.78 is 5.51. The highest BCUT2D eigenvalue weighted by Crippen LogP contribution is 2.23. The molecule has 0 spiro atoms. The largest absolute Gasteiger partial charge is 0.467 e. The van der Waals surface area contributed by atoms with Crippen LogP contribution in [0.5, 0.6) is 0 Å². The van der Waals surface area contributed by atoms with Crippen LogP contribution in [-0.4, -0.2) is 5.91 Å². The molecule has 3 rings (SSSR count). The van der Waals surface area contributed by atoms with Crippen LogP contribution in [0.1, 0.15) is 40.2 Å². The van der Waals surface area contributed by atoms with E-state index in [0.29, 0.717) is 5.56 Å². The van der Waals surface area contributed by atoms with E-state index >= 15 is 0 Å². The van der Waals surface area contributed by atoms with Crippen molar-refractivity contribution in [2.45, 2.75) is 19.4 Å². The van der Waals surface area contributed by atoms with E-state index in [1.54, 1.807) is 6.26 Å². The highest BCUT2D eigenvalue weighted by molar-refractivity contribution is 5.94. The molecule has 2 aromatic carbocycles. The van der Waals surface area contributed by atoms with Gasteiger partial charge in [-0.3, -0.25) is 4.79 Å². The Kier molecular flexibility index (Phi) is 4.57.